The lowest BCUT2D eigenvalue weighted by molar-refractivity contribution is -0.114. The Bertz CT molecular complexity index is 1160. The second kappa shape index (κ2) is 9.27. The zero-order chi connectivity index (χ0) is 21.7. The second-order valence-corrected chi connectivity index (χ2v) is 8.95. The van der Waals surface area contributed by atoms with E-state index in [4.69, 9.17) is 4.74 Å². The van der Waals surface area contributed by atoms with Crippen molar-refractivity contribution >= 4 is 43.2 Å². The summed E-state index contributed by atoms with van der Waals surface area (Å²) in [5, 5.41) is 2.42. The molecule has 0 radical (unpaired) electrons. The average Bonchev–Trinajstić information content (AvgIpc) is 2.74. The maximum atomic E-state index is 14.1. The van der Waals surface area contributed by atoms with E-state index in [1.54, 1.807) is 42.5 Å². The normalized spacial score (nSPS) is 11.0. The van der Waals surface area contributed by atoms with Crippen molar-refractivity contribution in [3.05, 3.63) is 83.1 Å². The molecule has 0 aromatic heterocycles. The summed E-state index contributed by atoms with van der Waals surface area (Å²) in [7, 11) is -2.69. The number of benzene rings is 3. The third kappa shape index (κ3) is 4.80. The number of para-hydroxylation sites is 2. The fraction of sp³-hybridized carbons (Fsp3) is 0.0952. The van der Waals surface area contributed by atoms with Gasteiger partial charge < -0.3 is 10.1 Å². The van der Waals surface area contributed by atoms with Crippen LogP contribution in [-0.2, 0) is 14.8 Å². The van der Waals surface area contributed by atoms with E-state index >= 15 is 0 Å². The van der Waals surface area contributed by atoms with Gasteiger partial charge >= 0.3 is 0 Å². The van der Waals surface area contributed by atoms with Crippen molar-refractivity contribution in [3.63, 3.8) is 0 Å². The van der Waals surface area contributed by atoms with Crippen molar-refractivity contribution in [3.8, 4) is 5.75 Å². The topological polar surface area (TPSA) is 75.7 Å². The minimum Gasteiger partial charge on any atom is -0.495 e. The van der Waals surface area contributed by atoms with Gasteiger partial charge in [0.05, 0.1) is 23.4 Å². The molecule has 0 aliphatic carbocycles. The number of hydrogen-bond acceptors (Lipinski definition) is 4. The summed E-state index contributed by atoms with van der Waals surface area (Å²) >= 11 is 3.15. The lowest BCUT2D eigenvalue weighted by Crippen LogP contribution is -2.38. The number of nitrogens with zero attached hydrogens (tertiary/aromatic N) is 1. The molecule has 3 aromatic rings. The molecular weight excluding hydrogens is 475 g/mol. The Morgan fingerprint density at radius 2 is 1.73 bits per heavy atom. The van der Waals surface area contributed by atoms with E-state index in [9.17, 15) is 17.6 Å². The van der Waals surface area contributed by atoms with Crippen molar-refractivity contribution in [2.24, 2.45) is 0 Å². The molecule has 9 heteroatoms. The third-order valence-electron chi connectivity index (χ3n) is 4.18. The maximum Gasteiger partial charge on any atom is 0.264 e. The van der Waals surface area contributed by atoms with Gasteiger partial charge in [-0.1, -0.05) is 46.3 Å². The first kappa shape index (κ1) is 21.8. The van der Waals surface area contributed by atoms with Gasteiger partial charge in [0, 0.05) is 4.47 Å². The Labute approximate surface area is 182 Å². The molecule has 3 rings (SSSR count). The largest absolute Gasteiger partial charge is 0.495 e. The molecule has 0 aliphatic rings. The molecule has 30 heavy (non-hydrogen) atoms. The van der Waals surface area contributed by atoms with Gasteiger partial charge in [-0.2, -0.15) is 0 Å². The molecule has 0 heterocycles. The van der Waals surface area contributed by atoms with E-state index in [1.165, 1.54) is 37.4 Å². The SMILES string of the molecule is COc1ccccc1N(CC(=O)Nc1ccc(Br)cc1F)S(=O)(=O)c1ccccc1. The number of carbonyl (C=O) groups is 1. The Hall–Kier alpha value is -2.91. The highest BCUT2D eigenvalue weighted by Gasteiger charge is 2.29. The van der Waals surface area contributed by atoms with E-state index in [0.717, 1.165) is 4.31 Å². The quantitative estimate of drug-likeness (QED) is 0.529. The molecule has 1 amide bonds. The number of rotatable bonds is 7. The van der Waals surface area contributed by atoms with Crippen LogP contribution in [0.5, 0.6) is 5.75 Å². The highest BCUT2D eigenvalue weighted by Crippen LogP contribution is 2.32. The van der Waals surface area contributed by atoms with Crippen LogP contribution in [0.15, 0.2) is 82.2 Å². The van der Waals surface area contributed by atoms with Gasteiger partial charge in [-0.25, -0.2) is 12.8 Å². The van der Waals surface area contributed by atoms with Gasteiger partial charge in [0.25, 0.3) is 10.0 Å². The average molecular weight is 493 g/mol. The number of sulfonamides is 1. The van der Waals surface area contributed by atoms with Gasteiger partial charge in [-0.3, -0.25) is 9.10 Å². The van der Waals surface area contributed by atoms with Gasteiger partial charge in [0.15, 0.2) is 0 Å². The Morgan fingerprint density at radius 3 is 2.40 bits per heavy atom. The molecular formula is C21H18BrFN2O4S. The zero-order valence-corrected chi connectivity index (χ0v) is 18.3. The summed E-state index contributed by atoms with van der Waals surface area (Å²) in [4.78, 5) is 12.7. The minimum atomic E-state index is -4.10. The summed E-state index contributed by atoms with van der Waals surface area (Å²) in [6, 6.07) is 18.3. The standard InChI is InChI=1S/C21H18BrFN2O4S/c1-29-20-10-6-5-9-19(20)25(30(27,28)16-7-3-2-4-8-16)14-21(26)24-18-12-11-15(22)13-17(18)23/h2-13H,14H2,1H3,(H,24,26). The number of halogens is 2. The molecule has 1 N–H and O–H groups in total. The van der Waals surface area contributed by atoms with Crippen LogP contribution in [0.3, 0.4) is 0 Å². The summed E-state index contributed by atoms with van der Waals surface area (Å²) in [5.41, 5.74) is 0.135. The summed E-state index contributed by atoms with van der Waals surface area (Å²) in [5.74, 6) is -1.08. The molecule has 0 atom stereocenters. The monoisotopic (exact) mass is 492 g/mol. The van der Waals surface area contributed by atoms with Crippen LogP contribution in [-0.4, -0.2) is 28.0 Å². The van der Waals surface area contributed by atoms with Gasteiger partial charge in [-0.05, 0) is 42.5 Å². The summed E-state index contributed by atoms with van der Waals surface area (Å²) in [6.07, 6.45) is 0. The maximum absolute atomic E-state index is 14.1. The first-order valence-electron chi connectivity index (χ1n) is 8.78. The Balaban J connectivity index is 1.98. The molecule has 0 unspecified atom stereocenters. The molecule has 0 fully saturated rings. The molecule has 0 saturated carbocycles. The van der Waals surface area contributed by atoms with Crippen molar-refractivity contribution < 1.29 is 22.3 Å². The molecule has 3 aromatic carbocycles. The van der Waals surface area contributed by atoms with Crippen LogP contribution in [0.1, 0.15) is 0 Å². The van der Waals surface area contributed by atoms with Crippen LogP contribution < -0.4 is 14.4 Å². The van der Waals surface area contributed by atoms with E-state index in [-0.39, 0.29) is 22.0 Å². The van der Waals surface area contributed by atoms with E-state index < -0.39 is 28.3 Å². The molecule has 0 aliphatic heterocycles. The van der Waals surface area contributed by atoms with Crippen molar-refractivity contribution in [2.45, 2.75) is 4.90 Å². The van der Waals surface area contributed by atoms with Crippen LogP contribution in [0.2, 0.25) is 0 Å². The lowest BCUT2D eigenvalue weighted by atomic mass is 10.3. The number of carbonyl (C=O) groups excluding carboxylic acids is 1. The summed E-state index contributed by atoms with van der Waals surface area (Å²) < 4.78 is 47.5. The zero-order valence-electron chi connectivity index (χ0n) is 15.9. The van der Waals surface area contributed by atoms with E-state index in [0.29, 0.717) is 4.47 Å². The van der Waals surface area contributed by atoms with Crippen LogP contribution in [0.25, 0.3) is 0 Å². The predicted octanol–water partition coefficient (Wildman–Crippen LogP) is 4.43. The van der Waals surface area contributed by atoms with Crippen molar-refractivity contribution in [1.29, 1.82) is 0 Å². The molecule has 0 saturated heterocycles. The number of hydrogen-bond donors (Lipinski definition) is 1. The number of anilines is 2. The van der Waals surface area contributed by atoms with Crippen LogP contribution in [0.4, 0.5) is 15.8 Å². The highest BCUT2D eigenvalue weighted by atomic mass is 79.9. The number of nitrogens with one attached hydrogen (secondary N) is 1. The Morgan fingerprint density at radius 1 is 1.07 bits per heavy atom. The van der Waals surface area contributed by atoms with Crippen LogP contribution >= 0.6 is 15.9 Å². The smallest absolute Gasteiger partial charge is 0.264 e. The predicted molar refractivity (Wildman–Crippen MR) is 117 cm³/mol. The van der Waals surface area contributed by atoms with Crippen molar-refractivity contribution in [2.75, 3.05) is 23.3 Å². The first-order valence-corrected chi connectivity index (χ1v) is 11.0. The first-order chi connectivity index (χ1) is 14.3. The van der Waals surface area contributed by atoms with Gasteiger partial charge in [-0.15, -0.1) is 0 Å². The van der Waals surface area contributed by atoms with E-state index in [2.05, 4.69) is 21.2 Å². The van der Waals surface area contributed by atoms with E-state index in [1.807, 2.05) is 0 Å². The molecule has 0 spiro atoms. The van der Waals surface area contributed by atoms with Gasteiger partial charge in [0.2, 0.25) is 5.91 Å². The Kier molecular flexibility index (Phi) is 6.73. The minimum absolute atomic E-state index is 0.0125. The third-order valence-corrected chi connectivity index (χ3v) is 6.44. The number of ether oxygens (including phenoxy) is 1. The number of amides is 1. The lowest BCUT2D eigenvalue weighted by Gasteiger charge is -2.25. The highest BCUT2D eigenvalue weighted by molar-refractivity contribution is 9.10. The molecule has 6 nitrogen and oxygen atoms in total. The van der Waals surface area contributed by atoms with Crippen LogP contribution in [0, 0.1) is 5.82 Å². The summed E-state index contributed by atoms with van der Waals surface area (Å²) in [6.45, 7) is -0.576. The second-order valence-electron chi connectivity index (χ2n) is 6.17. The van der Waals surface area contributed by atoms with Gasteiger partial charge in [0.1, 0.15) is 18.1 Å². The number of methoxy groups -OCH3 is 1. The molecule has 156 valence electrons. The van der Waals surface area contributed by atoms with Crippen molar-refractivity contribution in [1.82, 2.24) is 0 Å². The fourth-order valence-corrected chi connectivity index (χ4v) is 4.55. The fourth-order valence-electron chi connectivity index (χ4n) is 2.77. The molecule has 0 bridgehead atoms.